The molecule has 1 amide bonds. The van der Waals surface area contributed by atoms with Crippen LogP contribution in [0.1, 0.15) is 62.2 Å². The number of aromatic nitrogens is 1. The second kappa shape index (κ2) is 7.80. The number of ether oxygens (including phenoxy) is 1. The van der Waals surface area contributed by atoms with Gasteiger partial charge in [0, 0.05) is 35.5 Å². The fourth-order valence-electron chi connectivity index (χ4n) is 3.54. The number of anilines is 1. The van der Waals surface area contributed by atoms with Gasteiger partial charge in [-0.25, -0.2) is 4.79 Å². The molecule has 0 atom stereocenters. The van der Waals surface area contributed by atoms with Gasteiger partial charge in [-0.15, -0.1) is 0 Å². The van der Waals surface area contributed by atoms with Crippen LogP contribution in [0.4, 0.5) is 5.69 Å². The molecule has 1 aliphatic heterocycles. The Morgan fingerprint density at radius 3 is 2.57 bits per heavy atom. The molecule has 7 heteroatoms. The second-order valence-electron chi connectivity index (χ2n) is 6.88. The molecule has 1 N–H and O–H groups in total. The van der Waals surface area contributed by atoms with Crippen LogP contribution >= 0.6 is 0 Å². The summed E-state index contributed by atoms with van der Waals surface area (Å²) in [4.78, 5) is 52.9. The van der Waals surface area contributed by atoms with Crippen molar-refractivity contribution in [2.24, 2.45) is 0 Å². The van der Waals surface area contributed by atoms with Gasteiger partial charge in [0.15, 0.2) is 18.2 Å². The first-order chi connectivity index (χ1) is 13.3. The fourth-order valence-corrected chi connectivity index (χ4v) is 3.54. The van der Waals surface area contributed by atoms with Gasteiger partial charge in [0.25, 0.3) is 0 Å². The lowest BCUT2D eigenvalue weighted by molar-refractivity contribution is -0.117. The molecule has 0 bridgehead atoms. The number of nitrogens with one attached hydrogen (secondary N) is 1. The maximum Gasteiger partial charge on any atom is 0.355 e. The first kappa shape index (κ1) is 19.5. The Labute approximate surface area is 162 Å². The van der Waals surface area contributed by atoms with E-state index < -0.39 is 12.6 Å². The summed E-state index contributed by atoms with van der Waals surface area (Å²) in [6.07, 6.45) is 1.30. The van der Waals surface area contributed by atoms with Crippen LogP contribution in [0.25, 0.3) is 0 Å². The van der Waals surface area contributed by atoms with Crippen LogP contribution in [0.3, 0.4) is 0 Å². The zero-order valence-electron chi connectivity index (χ0n) is 16.1. The van der Waals surface area contributed by atoms with E-state index in [2.05, 4.69) is 4.98 Å². The highest BCUT2D eigenvalue weighted by molar-refractivity contribution is 6.03. The lowest BCUT2D eigenvalue weighted by Gasteiger charge is -2.16. The van der Waals surface area contributed by atoms with E-state index in [-0.39, 0.29) is 23.2 Å². The lowest BCUT2D eigenvalue weighted by atomic mass is 10.1. The molecule has 1 aromatic heterocycles. The average molecular weight is 382 g/mol. The number of esters is 1. The van der Waals surface area contributed by atoms with Crippen LogP contribution in [0.5, 0.6) is 0 Å². The van der Waals surface area contributed by atoms with E-state index in [9.17, 15) is 19.2 Å². The molecule has 1 saturated heterocycles. The fraction of sp³-hybridized carbons (Fsp3) is 0.333. The summed E-state index contributed by atoms with van der Waals surface area (Å²) < 4.78 is 5.15. The number of rotatable bonds is 6. The number of hydrogen-bond donors (Lipinski definition) is 1. The third-order valence-corrected chi connectivity index (χ3v) is 4.88. The van der Waals surface area contributed by atoms with E-state index in [0.717, 1.165) is 6.42 Å². The number of benzene rings is 1. The molecule has 0 aliphatic carbocycles. The highest BCUT2D eigenvalue weighted by atomic mass is 16.5. The van der Waals surface area contributed by atoms with Crippen LogP contribution in [0.15, 0.2) is 24.3 Å². The molecular formula is C21H22N2O5. The van der Waals surface area contributed by atoms with Gasteiger partial charge in [0.05, 0.1) is 0 Å². The van der Waals surface area contributed by atoms with Crippen molar-refractivity contribution >= 4 is 29.1 Å². The third-order valence-electron chi connectivity index (χ3n) is 4.88. The molecule has 0 unspecified atom stereocenters. The van der Waals surface area contributed by atoms with Crippen molar-refractivity contribution in [3.8, 4) is 0 Å². The van der Waals surface area contributed by atoms with Gasteiger partial charge in [0.2, 0.25) is 5.91 Å². The quantitative estimate of drug-likeness (QED) is 0.612. The summed E-state index contributed by atoms with van der Waals surface area (Å²) >= 11 is 0. The van der Waals surface area contributed by atoms with E-state index in [0.29, 0.717) is 41.0 Å². The Balaban J connectivity index is 1.69. The molecule has 3 rings (SSSR count). The number of carbonyl (C=O) groups is 4. The number of aromatic amines is 1. The summed E-state index contributed by atoms with van der Waals surface area (Å²) in [5.74, 6) is -1.16. The van der Waals surface area contributed by atoms with Crippen molar-refractivity contribution in [1.29, 1.82) is 0 Å². The molecular weight excluding hydrogens is 360 g/mol. The number of hydrogen-bond acceptors (Lipinski definition) is 5. The Kier molecular flexibility index (Phi) is 5.44. The van der Waals surface area contributed by atoms with Gasteiger partial charge in [-0.05, 0) is 44.9 Å². The minimum Gasteiger partial charge on any atom is -0.453 e. The monoisotopic (exact) mass is 382 g/mol. The van der Waals surface area contributed by atoms with Crippen molar-refractivity contribution < 1.29 is 23.9 Å². The summed E-state index contributed by atoms with van der Waals surface area (Å²) in [5.41, 5.74) is 2.77. The minimum atomic E-state index is -0.688. The minimum absolute atomic E-state index is 0.0369. The predicted molar refractivity (Wildman–Crippen MR) is 103 cm³/mol. The predicted octanol–water partition coefficient (Wildman–Crippen LogP) is 3.00. The summed E-state index contributed by atoms with van der Waals surface area (Å²) in [6, 6.07) is 6.74. The number of ketones is 2. The van der Waals surface area contributed by atoms with Crippen molar-refractivity contribution in [3.05, 3.63) is 52.3 Å². The zero-order chi connectivity index (χ0) is 20.4. The summed E-state index contributed by atoms with van der Waals surface area (Å²) in [5, 5.41) is 0. The topological polar surface area (TPSA) is 96.5 Å². The maximum absolute atomic E-state index is 12.4. The lowest BCUT2D eigenvalue weighted by Crippen LogP contribution is -2.24. The highest BCUT2D eigenvalue weighted by Gasteiger charge is 2.24. The molecule has 146 valence electrons. The van der Waals surface area contributed by atoms with Gasteiger partial charge < -0.3 is 14.6 Å². The highest BCUT2D eigenvalue weighted by Crippen LogP contribution is 2.23. The molecule has 2 aromatic rings. The first-order valence-corrected chi connectivity index (χ1v) is 9.10. The van der Waals surface area contributed by atoms with E-state index in [1.165, 1.54) is 6.92 Å². The van der Waals surface area contributed by atoms with Crippen LogP contribution in [-0.2, 0) is 9.53 Å². The molecule has 1 aromatic carbocycles. The van der Waals surface area contributed by atoms with E-state index in [1.807, 2.05) is 0 Å². The Bertz CT molecular complexity index is 973. The van der Waals surface area contributed by atoms with Crippen molar-refractivity contribution in [2.75, 3.05) is 18.1 Å². The summed E-state index contributed by atoms with van der Waals surface area (Å²) in [6.45, 7) is 5.00. The number of amides is 1. The molecule has 7 nitrogen and oxygen atoms in total. The smallest absolute Gasteiger partial charge is 0.355 e. The summed E-state index contributed by atoms with van der Waals surface area (Å²) in [7, 11) is 0. The third kappa shape index (κ3) is 3.74. The standard InChI is InChI=1S/C21H22N2O5/c1-12-19(14(3)24)13(2)22-20(12)21(27)28-11-17(25)15-6-4-7-16(10-15)23-9-5-8-18(23)26/h4,6-7,10,22H,5,8-9,11H2,1-3H3. The molecule has 0 spiro atoms. The number of nitrogens with zero attached hydrogens (tertiary/aromatic N) is 1. The zero-order valence-corrected chi connectivity index (χ0v) is 16.1. The van der Waals surface area contributed by atoms with Gasteiger partial charge in [-0.2, -0.15) is 0 Å². The number of H-pyrrole nitrogens is 1. The van der Waals surface area contributed by atoms with Crippen LogP contribution < -0.4 is 4.90 Å². The SMILES string of the molecule is CC(=O)c1c(C)[nH]c(C(=O)OCC(=O)c2cccc(N3CCCC3=O)c2)c1C. The molecule has 1 aliphatic rings. The van der Waals surface area contributed by atoms with Crippen molar-refractivity contribution in [2.45, 2.75) is 33.6 Å². The van der Waals surface area contributed by atoms with Crippen LogP contribution in [-0.4, -0.2) is 41.6 Å². The van der Waals surface area contributed by atoms with E-state index in [1.54, 1.807) is 43.0 Å². The van der Waals surface area contributed by atoms with Crippen LogP contribution in [0.2, 0.25) is 0 Å². The molecule has 0 radical (unpaired) electrons. The molecule has 28 heavy (non-hydrogen) atoms. The Morgan fingerprint density at radius 1 is 1.21 bits per heavy atom. The molecule has 2 heterocycles. The van der Waals surface area contributed by atoms with Crippen molar-refractivity contribution in [1.82, 2.24) is 4.98 Å². The number of aryl methyl sites for hydroxylation is 1. The number of Topliss-reactive ketones (excluding diaryl/α,β-unsaturated/α-hetero) is 2. The van der Waals surface area contributed by atoms with Crippen molar-refractivity contribution in [3.63, 3.8) is 0 Å². The van der Waals surface area contributed by atoms with E-state index in [4.69, 9.17) is 4.74 Å². The largest absolute Gasteiger partial charge is 0.453 e. The maximum atomic E-state index is 12.4. The van der Waals surface area contributed by atoms with Gasteiger partial charge >= 0.3 is 5.97 Å². The first-order valence-electron chi connectivity index (χ1n) is 9.10. The normalized spacial score (nSPS) is 13.7. The van der Waals surface area contributed by atoms with Gasteiger partial charge in [0.1, 0.15) is 5.69 Å². The number of carbonyl (C=O) groups excluding carboxylic acids is 4. The van der Waals surface area contributed by atoms with E-state index >= 15 is 0 Å². The molecule has 0 saturated carbocycles. The molecule has 1 fully saturated rings. The second-order valence-corrected chi connectivity index (χ2v) is 6.88. The Morgan fingerprint density at radius 2 is 1.96 bits per heavy atom. The Hall–Kier alpha value is -3.22. The van der Waals surface area contributed by atoms with Crippen LogP contribution in [0, 0.1) is 13.8 Å². The average Bonchev–Trinajstić information content (AvgIpc) is 3.22. The van der Waals surface area contributed by atoms with Gasteiger partial charge in [-0.1, -0.05) is 12.1 Å². The van der Waals surface area contributed by atoms with Gasteiger partial charge in [-0.3, -0.25) is 14.4 Å².